The van der Waals surface area contributed by atoms with Gasteiger partial charge in [-0.15, -0.1) is 0 Å². The molecule has 136 valence electrons. The van der Waals surface area contributed by atoms with E-state index in [0.29, 0.717) is 13.1 Å². The summed E-state index contributed by atoms with van der Waals surface area (Å²) in [7, 11) is 1.57. The minimum atomic E-state index is -0.252. The first-order chi connectivity index (χ1) is 12.7. The van der Waals surface area contributed by atoms with Crippen molar-refractivity contribution in [3.05, 3.63) is 71.9 Å². The molecule has 1 amide bonds. The van der Waals surface area contributed by atoms with Crippen LogP contribution in [0.15, 0.2) is 60.8 Å². The molecule has 5 nitrogen and oxygen atoms in total. The molecule has 0 fully saturated rings. The number of benzene rings is 2. The molecular formula is C21H25N3O2. The summed E-state index contributed by atoms with van der Waals surface area (Å²) in [5.41, 5.74) is 9.05. The number of hydrogen-bond donors (Lipinski definition) is 3. The number of rotatable bonds is 8. The van der Waals surface area contributed by atoms with Gasteiger partial charge in [-0.3, -0.25) is 4.79 Å². The normalized spacial score (nSPS) is 13.5. The zero-order chi connectivity index (χ0) is 18.4. The second-order valence-corrected chi connectivity index (χ2v) is 6.35. The van der Waals surface area contributed by atoms with Gasteiger partial charge < -0.3 is 20.8 Å². The zero-order valence-electron chi connectivity index (χ0n) is 14.9. The number of H-pyrrole nitrogens is 1. The Bertz CT molecular complexity index is 841. The van der Waals surface area contributed by atoms with E-state index in [1.165, 1.54) is 16.5 Å². The average molecular weight is 351 g/mol. The van der Waals surface area contributed by atoms with E-state index in [1.54, 1.807) is 7.11 Å². The lowest BCUT2D eigenvalue weighted by molar-refractivity contribution is -0.123. The summed E-state index contributed by atoms with van der Waals surface area (Å²) in [6, 6.07) is 18.4. The molecule has 1 heterocycles. The van der Waals surface area contributed by atoms with E-state index < -0.39 is 0 Å². The van der Waals surface area contributed by atoms with Crippen LogP contribution in [0.25, 0.3) is 10.9 Å². The third-order valence-electron chi connectivity index (χ3n) is 4.71. The van der Waals surface area contributed by atoms with Crippen LogP contribution in [-0.4, -0.2) is 37.2 Å². The Morgan fingerprint density at radius 3 is 2.62 bits per heavy atom. The van der Waals surface area contributed by atoms with E-state index in [9.17, 15) is 4.79 Å². The van der Waals surface area contributed by atoms with Crippen molar-refractivity contribution < 1.29 is 9.53 Å². The molecule has 3 aromatic rings. The Hall–Kier alpha value is -2.63. The number of amides is 1. The van der Waals surface area contributed by atoms with Gasteiger partial charge in [0.05, 0.1) is 12.5 Å². The summed E-state index contributed by atoms with van der Waals surface area (Å²) in [6.07, 6.45) is 2.05. The number of methoxy groups -OCH3 is 1. The number of para-hydroxylation sites is 1. The summed E-state index contributed by atoms with van der Waals surface area (Å²) in [5, 5.41) is 4.22. The molecule has 2 unspecified atom stereocenters. The van der Waals surface area contributed by atoms with Crippen LogP contribution in [0.5, 0.6) is 0 Å². The first kappa shape index (κ1) is 18.2. The summed E-state index contributed by atoms with van der Waals surface area (Å²) >= 11 is 0. The van der Waals surface area contributed by atoms with Gasteiger partial charge in [-0.2, -0.15) is 0 Å². The SMILES string of the molecule is COC(CN)CC(=O)NCC(c1ccccc1)c1c[nH]c2ccccc12. The van der Waals surface area contributed by atoms with Gasteiger partial charge in [-0.05, 0) is 17.2 Å². The summed E-state index contributed by atoms with van der Waals surface area (Å²) < 4.78 is 5.20. The highest BCUT2D eigenvalue weighted by molar-refractivity contribution is 5.84. The molecular weight excluding hydrogens is 326 g/mol. The zero-order valence-corrected chi connectivity index (χ0v) is 14.9. The lowest BCUT2D eigenvalue weighted by Gasteiger charge is -2.19. The van der Waals surface area contributed by atoms with Gasteiger partial charge in [0.2, 0.25) is 5.91 Å². The molecule has 0 saturated heterocycles. The molecule has 0 saturated carbocycles. The standard InChI is InChI=1S/C21H25N3O2/c1-26-16(12-22)11-21(25)24-13-18(15-7-3-2-4-8-15)19-14-23-20-10-6-5-9-17(19)20/h2-10,14,16,18,23H,11-13,22H2,1H3,(H,24,25). The molecule has 2 atom stereocenters. The molecule has 26 heavy (non-hydrogen) atoms. The van der Waals surface area contributed by atoms with Crippen molar-refractivity contribution in [3.8, 4) is 0 Å². The predicted molar refractivity (Wildman–Crippen MR) is 104 cm³/mol. The molecule has 5 heteroatoms. The number of carbonyl (C=O) groups excluding carboxylic acids is 1. The number of aromatic nitrogens is 1. The number of ether oxygens (including phenoxy) is 1. The molecule has 2 aromatic carbocycles. The molecule has 0 radical (unpaired) electrons. The maximum atomic E-state index is 12.3. The van der Waals surface area contributed by atoms with Crippen LogP contribution in [0.3, 0.4) is 0 Å². The van der Waals surface area contributed by atoms with Crippen LogP contribution in [0.1, 0.15) is 23.5 Å². The molecule has 3 rings (SSSR count). The molecule has 0 aliphatic rings. The summed E-state index contributed by atoms with van der Waals surface area (Å²) in [4.78, 5) is 15.6. The number of aromatic amines is 1. The Labute approximate surface area is 153 Å². The lowest BCUT2D eigenvalue weighted by Crippen LogP contribution is -2.34. The Balaban J connectivity index is 1.82. The minimum absolute atomic E-state index is 0.0527. The topological polar surface area (TPSA) is 80.1 Å². The van der Waals surface area contributed by atoms with Gasteiger partial charge in [0.1, 0.15) is 0 Å². The number of nitrogens with one attached hydrogen (secondary N) is 2. The van der Waals surface area contributed by atoms with E-state index in [-0.39, 0.29) is 24.3 Å². The molecule has 1 aromatic heterocycles. The number of hydrogen-bond acceptors (Lipinski definition) is 3. The highest BCUT2D eigenvalue weighted by Gasteiger charge is 2.19. The van der Waals surface area contributed by atoms with Crippen LogP contribution < -0.4 is 11.1 Å². The maximum Gasteiger partial charge on any atom is 0.222 e. The number of carbonyl (C=O) groups is 1. The van der Waals surface area contributed by atoms with Crippen LogP contribution >= 0.6 is 0 Å². The van der Waals surface area contributed by atoms with Gasteiger partial charge in [-0.25, -0.2) is 0 Å². The molecule has 0 bridgehead atoms. The van der Waals surface area contributed by atoms with Gasteiger partial charge in [0, 0.05) is 43.2 Å². The van der Waals surface area contributed by atoms with Crippen LogP contribution in [0.4, 0.5) is 0 Å². The predicted octanol–water partition coefficient (Wildman–Crippen LogP) is 2.78. The van der Waals surface area contributed by atoms with E-state index in [1.807, 2.05) is 36.5 Å². The van der Waals surface area contributed by atoms with E-state index in [0.717, 1.165) is 5.52 Å². The van der Waals surface area contributed by atoms with Crippen LogP contribution in [0.2, 0.25) is 0 Å². The fourth-order valence-corrected chi connectivity index (χ4v) is 3.23. The smallest absolute Gasteiger partial charge is 0.222 e. The third kappa shape index (κ3) is 4.12. The Morgan fingerprint density at radius 1 is 1.15 bits per heavy atom. The molecule has 0 aliphatic heterocycles. The second-order valence-electron chi connectivity index (χ2n) is 6.35. The van der Waals surface area contributed by atoms with Crippen molar-refractivity contribution in [1.29, 1.82) is 0 Å². The number of nitrogens with two attached hydrogens (primary N) is 1. The largest absolute Gasteiger partial charge is 0.380 e. The fourth-order valence-electron chi connectivity index (χ4n) is 3.23. The van der Waals surface area contributed by atoms with Crippen molar-refractivity contribution in [3.63, 3.8) is 0 Å². The van der Waals surface area contributed by atoms with E-state index in [2.05, 4.69) is 34.6 Å². The Morgan fingerprint density at radius 2 is 1.88 bits per heavy atom. The molecule has 4 N–H and O–H groups in total. The fraction of sp³-hybridized carbons (Fsp3) is 0.286. The highest BCUT2D eigenvalue weighted by Crippen LogP contribution is 2.30. The number of fused-ring (bicyclic) bond motifs is 1. The van der Waals surface area contributed by atoms with E-state index >= 15 is 0 Å². The highest BCUT2D eigenvalue weighted by atomic mass is 16.5. The van der Waals surface area contributed by atoms with Gasteiger partial charge in [0.15, 0.2) is 0 Å². The van der Waals surface area contributed by atoms with Gasteiger partial charge in [0.25, 0.3) is 0 Å². The second kappa shape index (κ2) is 8.65. The van der Waals surface area contributed by atoms with Crippen molar-refractivity contribution in [2.45, 2.75) is 18.4 Å². The van der Waals surface area contributed by atoms with Crippen molar-refractivity contribution in [1.82, 2.24) is 10.3 Å². The lowest BCUT2D eigenvalue weighted by atomic mass is 9.91. The average Bonchev–Trinajstić information content (AvgIpc) is 3.11. The van der Waals surface area contributed by atoms with Crippen molar-refractivity contribution in [2.75, 3.05) is 20.2 Å². The monoisotopic (exact) mass is 351 g/mol. The van der Waals surface area contributed by atoms with Crippen LogP contribution in [-0.2, 0) is 9.53 Å². The van der Waals surface area contributed by atoms with Crippen molar-refractivity contribution in [2.24, 2.45) is 5.73 Å². The van der Waals surface area contributed by atoms with E-state index in [4.69, 9.17) is 10.5 Å². The molecule has 0 aliphatic carbocycles. The van der Waals surface area contributed by atoms with Crippen LogP contribution in [0, 0.1) is 0 Å². The summed E-state index contributed by atoms with van der Waals surface area (Å²) in [5.74, 6) is 0.0123. The summed E-state index contributed by atoms with van der Waals surface area (Å²) in [6.45, 7) is 0.847. The van der Waals surface area contributed by atoms with Gasteiger partial charge >= 0.3 is 0 Å². The molecule has 0 spiro atoms. The Kier molecular flexibility index (Phi) is 6.04. The minimum Gasteiger partial charge on any atom is -0.380 e. The maximum absolute atomic E-state index is 12.3. The van der Waals surface area contributed by atoms with Crippen molar-refractivity contribution >= 4 is 16.8 Å². The third-order valence-corrected chi connectivity index (χ3v) is 4.71. The van der Waals surface area contributed by atoms with Gasteiger partial charge in [-0.1, -0.05) is 48.5 Å². The first-order valence-corrected chi connectivity index (χ1v) is 8.83. The first-order valence-electron chi connectivity index (χ1n) is 8.83. The quantitative estimate of drug-likeness (QED) is 0.584.